The molecule has 0 spiro atoms. The van der Waals surface area contributed by atoms with E-state index in [9.17, 15) is 20.0 Å². The standard InChI is InChI=1S/C12H12N2O4/c15-9-4-5-11(14(17)18)10(8-9)12(16)13-6-2-1-3-7-13/h1-2,4-5,8,15H,3,6-7H2. The summed E-state index contributed by atoms with van der Waals surface area (Å²) in [6.07, 6.45) is 4.54. The van der Waals surface area contributed by atoms with Gasteiger partial charge >= 0.3 is 0 Å². The Morgan fingerprint density at radius 1 is 1.39 bits per heavy atom. The molecule has 1 aromatic carbocycles. The molecule has 0 aliphatic carbocycles. The van der Waals surface area contributed by atoms with E-state index in [0.717, 1.165) is 18.6 Å². The minimum atomic E-state index is -0.619. The lowest BCUT2D eigenvalue weighted by Crippen LogP contribution is -2.34. The Hall–Kier alpha value is -2.37. The fourth-order valence-electron chi connectivity index (χ4n) is 1.85. The Labute approximate surface area is 103 Å². The number of phenolic OH excluding ortho intramolecular Hbond substituents is 1. The van der Waals surface area contributed by atoms with E-state index < -0.39 is 10.8 Å². The van der Waals surface area contributed by atoms with Crippen LogP contribution in [0.2, 0.25) is 0 Å². The number of amides is 1. The van der Waals surface area contributed by atoms with Gasteiger partial charge in [-0.1, -0.05) is 12.2 Å². The van der Waals surface area contributed by atoms with Crippen molar-refractivity contribution in [3.05, 3.63) is 46.0 Å². The van der Waals surface area contributed by atoms with Gasteiger partial charge < -0.3 is 10.0 Å². The van der Waals surface area contributed by atoms with Gasteiger partial charge in [0.05, 0.1) is 4.92 Å². The first-order valence-electron chi connectivity index (χ1n) is 5.51. The number of nitro groups is 1. The predicted molar refractivity (Wildman–Crippen MR) is 64.4 cm³/mol. The Bertz CT molecular complexity index is 525. The highest BCUT2D eigenvalue weighted by atomic mass is 16.6. The highest BCUT2D eigenvalue weighted by Crippen LogP contribution is 2.25. The number of carbonyl (C=O) groups is 1. The maximum absolute atomic E-state index is 12.2. The summed E-state index contributed by atoms with van der Waals surface area (Å²) in [4.78, 5) is 23.9. The van der Waals surface area contributed by atoms with E-state index in [1.165, 1.54) is 11.0 Å². The average Bonchev–Trinajstić information content (AvgIpc) is 2.38. The summed E-state index contributed by atoms with van der Waals surface area (Å²) in [5.74, 6) is -0.585. The molecular formula is C12H12N2O4. The number of nitro benzene ring substituents is 1. The summed E-state index contributed by atoms with van der Waals surface area (Å²) < 4.78 is 0. The monoisotopic (exact) mass is 248 g/mol. The Morgan fingerprint density at radius 2 is 2.17 bits per heavy atom. The fraction of sp³-hybridized carbons (Fsp3) is 0.250. The predicted octanol–water partition coefficient (Wildman–Crippen LogP) is 1.70. The fourth-order valence-corrected chi connectivity index (χ4v) is 1.85. The molecule has 1 aromatic rings. The lowest BCUT2D eigenvalue weighted by atomic mass is 10.1. The average molecular weight is 248 g/mol. The molecule has 0 saturated heterocycles. The van der Waals surface area contributed by atoms with Crippen LogP contribution in [0.15, 0.2) is 30.4 Å². The minimum absolute atomic E-state index is 0.0738. The van der Waals surface area contributed by atoms with E-state index in [0.29, 0.717) is 13.1 Å². The summed E-state index contributed by atoms with van der Waals surface area (Å²) >= 11 is 0. The zero-order valence-corrected chi connectivity index (χ0v) is 9.57. The van der Waals surface area contributed by atoms with Crippen LogP contribution in [0.5, 0.6) is 5.75 Å². The van der Waals surface area contributed by atoms with Gasteiger partial charge in [-0.15, -0.1) is 0 Å². The molecule has 1 aliphatic rings. The van der Waals surface area contributed by atoms with Crippen molar-refractivity contribution in [2.45, 2.75) is 6.42 Å². The largest absolute Gasteiger partial charge is 0.508 e. The molecule has 1 heterocycles. The first-order valence-corrected chi connectivity index (χ1v) is 5.51. The Kier molecular flexibility index (Phi) is 3.27. The molecule has 1 aliphatic heterocycles. The van der Waals surface area contributed by atoms with Crippen LogP contribution in [0, 0.1) is 10.1 Å². The highest BCUT2D eigenvalue weighted by Gasteiger charge is 2.25. The van der Waals surface area contributed by atoms with Crippen LogP contribution < -0.4 is 0 Å². The van der Waals surface area contributed by atoms with Crippen molar-refractivity contribution in [2.75, 3.05) is 13.1 Å². The summed E-state index contributed by atoms with van der Waals surface area (Å²) in [5.41, 5.74) is -0.359. The number of hydrogen-bond acceptors (Lipinski definition) is 4. The smallest absolute Gasteiger partial charge is 0.282 e. The van der Waals surface area contributed by atoms with Crippen molar-refractivity contribution >= 4 is 11.6 Å². The van der Waals surface area contributed by atoms with Gasteiger partial charge in [-0.05, 0) is 18.6 Å². The van der Waals surface area contributed by atoms with Crippen molar-refractivity contribution < 1.29 is 14.8 Å². The van der Waals surface area contributed by atoms with Gasteiger partial charge in [0.25, 0.3) is 11.6 Å². The van der Waals surface area contributed by atoms with Crippen LogP contribution in [0.1, 0.15) is 16.8 Å². The van der Waals surface area contributed by atoms with Crippen molar-refractivity contribution in [2.24, 2.45) is 0 Å². The highest BCUT2D eigenvalue weighted by molar-refractivity contribution is 5.98. The second kappa shape index (κ2) is 4.87. The molecule has 2 rings (SSSR count). The van der Waals surface area contributed by atoms with E-state index in [1.54, 1.807) is 0 Å². The molecule has 0 bridgehead atoms. The van der Waals surface area contributed by atoms with Crippen LogP contribution in [-0.2, 0) is 0 Å². The molecular weight excluding hydrogens is 236 g/mol. The molecule has 18 heavy (non-hydrogen) atoms. The lowest BCUT2D eigenvalue weighted by molar-refractivity contribution is -0.385. The van der Waals surface area contributed by atoms with Crippen LogP contribution in [0.4, 0.5) is 5.69 Å². The third-order valence-corrected chi connectivity index (χ3v) is 2.75. The van der Waals surface area contributed by atoms with Crippen molar-refractivity contribution in [3.63, 3.8) is 0 Å². The van der Waals surface area contributed by atoms with Gasteiger partial charge in [0.2, 0.25) is 0 Å². The van der Waals surface area contributed by atoms with Gasteiger partial charge in [-0.25, -0.2) is 0 Å². The molecule has 94 valence electrons. The third kappa shape index (κ3) is 2.32. The van der Waals surface area contributed by atoms with E-state index in [1.807, 2.05) is 12.2 Å². The zero-order valence-electron chi connectivity index (χ0n) is 9.57. The molecule has 1 amide bonds. The summed E-state index contributed by atoms with van der Waals surface area (Å²) in [7, 11) is 0. The quantitative estimate of drug-likeness (QED) is 0.490. The number of carbonyl (C=O) groups excluding carboxylic acids is 1. The second-order valence-electron chi connectivity index (χ2n) is 3.97. The van der Waals surface area contributed by atoms with E-state index >= 15 is 0 Å². The van der Waals surface area contributed by atoms with E-state index in [-0.39, 0.29) is 17.0 Å². The van der Waals surface area contributed by atoms with Gasteiger partial charge in [0, 0.05) is 19.2 Å². The number of benzene rings is 1. The molecule has 0 aromatic heterocycles. The number of hydrogen-bond donors (Lipinski definition) is 1. The molecule has 0 saturated carbocycles. The van der Waals surface area contributed by atoms with Crippen molar-refractivity contribution in [1.29, 1.82) is 0 Å². The summed E-state index contributed by atoms with van der Waals surface area (Å²) in [6, 6.07) is 3.48. The van der Waals surface area contributed by atoms with Gasteiger partial charge in [-0.3, -0.25) is 14.9 Å². The lowest BCUT2D eigenvalue weighted by Gasteiger charge is -2.23. The number of phenols is 1. The molecule has 0 atom stereocenters. The Morgan fingerprint density at radius 3 is 2.78 bits per heavy atom. The first-order chi connectivity index (χ1) is 8.59. The molecule has 0 fully saturated rings. The SMILES string of the molecule is O=C(c1cc(O)ccc1[N+](=O)[O-])N1CC=CCC1. The first kappa shape index (κ1) is 12.1. The molecule has 0 unspecified atom stereocenters. The molecule has 6 heteroatoms. The molecule has 0 radical (unpaired) electrons. The van der Waals surface area contributed by atoms with E-state index in [4.69, 9.17) is 0 Å². The van der Waals surface area contributed by atoms with Crippen LogP contribution in [-0.4, -0.2) is 33.9 Å². The number of nitrogens with zero attached hydrogens (tertiary/aromatic N) is 2. The zero-order chi connectivity index (χ0) is 13.1. The normalized spacial score (nSPS) is 14.6. The van der Waals surface area contributed by atoms with E-state index in [2.05, 4.69) is 0 Å². The minimum Gasteiger partial charge on any atom is -0.508 e. The van der Waals surface area contributed by atoms with Crippen LogP contribution >= 0.6 is 0 Å². The van der Waals surface area contributed by atoms with Gasteiger partial charge in [0.15, 0.2) is 0 Å². The number of aromatic hydroxyl groups is 1. The van der Waals surface area contributed by atoms with Crippen LogP contribution in [0.25, 0.3) is 0 Å². The maximum Gasteiger partial charge on any atom is 0.282 e. The topological polar surface area (TPSA) is 83.7 Å². The van der Waals surface area contributed by atoms with Crippen molar-refractivity contribution in [3.8, 4) is 5.75 Å². The molecule has 6 nitrogen and oxygen atoms in total. The number of rotatable bonds is 2. The Balaban J connectivity index is 2.36. The maximum atomic E-state index is 12.2. The third-order valence-electron chi connectivity index (χ3n) is 2.75. The second-order valence-corrected chi connectivity index (χ2v) is 3.97. The summed E-state index contributed by atoms with van der Waals surface area (Å²) in [5, 5.41) is 20.2. The molecule has 1 N–H and O–H groups in total. The van der Waals surface area contributed by atoms with Gasteiger partial charge in [0.1, 0.15) is 11.3 Å². The van der Waals surface area contributed by atoms with Gasteiger partial charge in [-0.2, -0.15) is 0 Å². The summed E-state index contributed by atoms with van der Waals surface area (Å²) in [6.45, 7) is 0.966. The van der Waals surface area contributed by atoms with Crippen LogP contribution in [0.3, 0.4) is 0 Å². The van der Waals surface area contributed by atoms with Crippen molar-refractivity contribution in [1.82, 2.24) is 4.90 Å².